The Balaban J connectivity index is 1.57. The van der Waals surface area contributed by atoms with E-state index in [0.717, 1.165) is 55.1 Å². The Bertz CT molecular complexity index is 757. The largest absolute Gasteiger partial charge is 0.492 e. The first kappa shape index (κ1) is 17.8. The fraction of sp³-hybridized carbons (Fsp3) is 0.579. The monoisotopic (exact) mass is 375 g/mol. The molecule has 0 radical (unpaired) electrons. The van der Waals surface area contributed by atoms with Crippen LogP contribution in [0, 0.1) is 0 Å². The molecule has 2 aliphatic rings. The molecule has 2 aromatic rings. The van der Waals surface area contributed by atoms with Gasteiger partial charge in [-0.1, -0.05) is 11.6 Å². The molecule has 1 aromatic carbocycles. The highest BCUT2D eigenvalue weighted by atomic mass is 35.5. The van der Waals surface area contributed by atoms with Gasteiger partial charge in [0, 0.05) is 44.9 Å². The number of fused-ring (bicyclic) bond motifs is 1. The van der Waals surface area contributed by atoms with Crippen molar-refractivity contribution in [3.05, 3.63) is 23.6 Å². The van der Waals surface area contributed by atoms with Crippen molar-refractivity contribution in [3.63, 3.8) is 0 Å². The molecule has 3 heterocycles. The van der Waals surface area contributed by atoms with Crippen LogP contribution in [0.25, 0.3) is 10.9 Å². The maximum atomic E-state index is 6.42. The summed E-state index contributed by atoms with van der Waals surface area (Å²) in [5.74, 6) is 0.861. The van der Waals surface area contributed by atoms with Crippen LogP contribution in [-0.2, 0) is 0 Å². The molecule has 2 saturated heterocycles. The number of likely N-dealkylation sites (tertiary alicyclic amines) is 1. The number of benzene rings is 1. The number of halogens is 1. The Morgan fingerprint density at radius 2 is 1.81 bits per heavy atom. The van der Waals surface area contributed by atoms with Gasteiger partial charge in [0.05, 0.1) is 16.6 Å². The second-order valence-electron chi connectivity index (χ2n) is 7.19. The molecule has 1 aromatic heterocycles. The predicted molar refractivity (Wildman–Crippen MR) is 105 cm³/mol. The normalized spacial score (nSPS) is 19.4. The summed E-state index contributed by atoms with van der Waals surface area (Å²) in [6.07, 6.45) is 4.13. The molecule has 0 bridgehead atoms. The Morgan fingerprint density at radius 1 is 1.04 bits per heavy atom. The third-order valence-electron chi connectivity index (χ3n) is 5.36. The number of aromatic nitrogens is 2. The molecule has 4 rings (SSSR count). The highest BCUT2D eigenvalue weighted by Crippen LogP contribution is 2.35. The van der Waals surface area contributed by atoms with Crippen molar-refractivity contribution >= 4 is 28.2 Å². The minimum atomic E-state index is 0.507. The summed E-state index contributed by atoms with van der Waals surface area (Å²) in [5.41, 5.74) is 1.93. The van der Waals surface area contributed by atoms with Gasteiger partial charge in [0.1, 0.15) is 23.8 Å². The maximum absolute atomic E-state index is 6.42. The van der Waals surface area contributed by atoms with Crippen molar-refractivity contribution in [2.75, 3.05) is 64.4 Å². The van der Waals surface area contributed by atoms with E-state index in [9.17, 15) is 0 Å². The fourth-order valence-electron chi connectivity index (χ4n) is 3.79. The van der Waals surface area contributed by atoms with E-state index < -0.39 is 0 Å². The van der Waals surface area contributed by atoms with E-state index in [1.54, 1.807) is 0 Å². The van der Waals surface area contributed by atoms with Crippen LogP contribution < -0.4 is 9.64 Å². The molecule has 0 amide bonds. The average Bonchev–Trinajstić information content (AvgIpc) is 3.15. The molecule has 0 unspecified atom stereocenters. The standard InChI is InChI=1S/C19H26ClN5O/c1-23-6-8-25(9-7-23)17-13-15(26-11-10-24-4-2-3-5-24)12-16-18(17)19(20)22-14-21-16/h12-14H,2-11H2,1H3. The molecule has 0 aliphatic carbocycles. The molecular weight excluding hydrogens is 350 g/mol. The number of hydrogen-bond donors (Lipinski definition) is 0. The molecule has 7 heteroatoms. The minimum absolute atomic E-state index is 0.507. The lowest BCUT2D eigenvalue weighted by molar-refractivity contribution is 0.238. The summed E-state index contributed by atoms with van der Waals surface area (Å²) in [6.45, 7) is 8.06. The Hall–Kier alpha value is -1.63. The second kappa shape index (κ2) is 7.94. The van der Waals surface area contributed by atoms with Crippen LogP contribution in [0.15, 0.2) is 18.5 Å². The van der Waals surface area contributed by atoms with Gasteiger partial charge < -0.3 is 14.5 Å². The molecule has 0 spiro atoms. The van der Waals surface area contributed by atoms with Gasteiger partial charge >= 0.3 is 0 Å². The summed E-state index contributed by atoms with van der Waals surface area (Å²) in [7, 11) is 2.16. The number of nitrogens with zero attached hydrogens (tertiary/aromatic N) is 5. The van der Waals surface area contributed by atoms with E-state index in [2.05, 4.69) is 37.8 Å². The summed E-state index contributed by atoms with van der Waals surface area (Å²) in [6, 6.07) is 4.08. The Morgan fingerprint density at radius 3 is 2.58 bits per heavy atom. The topological polar surface area (TPSA) is 44.7 Å². The molecule has 26 heavy (non-hydrogen) atoms. The summed E-state index contributed by atoms with van der Waals surface area (Å²) >= 11 is 6.42. The van der Waals surface area contributed by atoms with Gasteiger partial charge in [-0.3, -0.25) is 4.90 Å². The Kier molecular flexibility index (Phi) is 5.43. The van der Waals surface area contributed by atoms with E-state index in [1.807, 2.05) is 6.07 Å². The third-order valence-corrected chi connectivity index (χ3v) is 5.65. The van der Waals surface area contributed by atoms with Gasteiger partial charge in [0.2, 0.25) is 0 Å². The van der Waals surface area contributed by atoms with E-state index in [-0.39, 0.29) is 0 Å². The summed E-state index contributed by atoms with van der Waals surface area (Å²) < 4.78 is 6.09. The van der Waals surface area contributed by atoms with Crippen LogP contribution in [0.3, 0.4) is 0 Å². The van der Waals surface area contributed by atoms with E-state index in [1.165, 1.54) is 32.3 Å². The van der Waals surface area contributed by atoms with Crippen molar-refractivity contribution < 1.29 is 4.74 Å². The van der Waals surface area contributed by atoms with Crippen LogP contribution in [0.2, 0.25) is 5.15 Å². The zero-order valence-electron chi connectivity index (χ0n) is 15.3. The quantitative estimate of drug-likeness (QED) is 0.748. The number of anilines is 1. The van der Waals surface area contributed by atoms with Crippen molar-refractivity contribution in [1.82, 2.24) is 19.8 Å². The summed E-state index contributed by atoms with van der Waals surface area (Å²) in [5, 5.41) is 1.43. The predicted octanol–water partition coefficient (Wildman–Crippen LogP) is 2.51. The number of likely N-dealkylation sites (N-methyl/N-ethyl adjacent to an activating group) is 1. The van der Waals surface area contributed by atoms with E-state index in [4.69, 9.17) is 16.3 Å². The van der Waals surface area contributed by atoms with Crippen LogP contribution in [0.4, 0.5) is 5.69 Å². The van der Waals surface area contributed by atoms with Crippen LogP contribution >= 0.6 is 11.6 Å². The summed E-state index contributed by atoms with van der Waals surface area (Å²) in [4.78, 5) is 15.8. The van der Waals surface area contributed by atoms with Gasteiger partial charge in [-0.15, -0.1) is 0 Å². The molecule has 140 valence electrons. The van der Waals surface area contributed by atoms with Crippen molar-refractivity contribution in [2.24, 2.45) is 0 Å². The fourth-order valence-corrected chi connectivity index (χ4v) is 4.02. The van der Waals surface area contributed by atoms with Crippen molar-refractivity contribution in [1.29, 1.82) is 0 Å². The van der Waals surface area contributed by atoms with Crippen LogP contribution in [0.5, 0.6) is 5.75 Å². The number of ether oxygens (including phenoxy) is 1. The minimum Gasteiger partial charge on any atom is -0.492 e. The lowest BCUT2D eigenvalue weighted by Crippen LogP contribution is -2.44. The smallest absolute Gasteiger partial charge is 0.142 e. The van der Waals surface area contributed by atoms with Crippen LogP contribution in [0.1, 0.15) is 12.8 Å². The molecule has 2 fully saturated rings. The van der Waals surface area contributed by atoms with Crippen LogP contribution in [-0.4, -0.2) is 79.2 Å². The molecule has 0 atom stereocenters. The molecule has 6 nitrogen and oxygen atoms in total. The zero-order valence-corrected chi connectivity index (χ0v) is 16.1. The first-order valence-electron chi connectivity index (χ1n) is 9.43. The lowest BCUT2D eigenvalue weighted by Gasteiger charge is -2.34. The molecule has 0 saturated carbocycles. The van der Waals surface area contributed by atoms with Crippen molar-refractivity contribution in [2.45, 2.75) is 12.8 Å². The SMILES string of the molecule is CN1CCN(c2cc(OCCN3CCCC3)cc3ncnc(Cl)c23)CC1. The molecule has 2 aliphatic heterocycles. The van der Waals surface area contributed by atoms with Gasteiger partial charge in [0.15, 0.2) is 0 Å². The number of hydrogen-bond acceptors (Lipinski definition) is 6. The second-order valence-corrected chi connectivity index (χ2v) is 7.55. The lowest BCUT2D eigenvalue weighted by atomic mass is 10.1. The number of rotatable bonds is 5. The zero-order chi connectivity index (χ0) is 17.9. The van der Waals surface area contributed by atoms with E-state index in [0.29, 0.717) is 11.8 Å². The first-order valence-corrected chi connectivity index (χ1v) is 9.81. The Labute approximate surface area is 159 Å². The van der Waals surface area contributed by atoms with Crippen molar-refractivity contribution in [3.8, 4) is 5.75 Å². The average molecular weight is 376 g/mol. The van der Waals surface area contributed by atoms with Gasteiger partial charge in [-0.05, 0) is 33.0 Å². The first-order chi connectivity index (χ1) is 12.7. The molecular formula is C19H26ClN5O. The highest BCUT2D eigenvalue weighted by molar-refractivity contribution is 6.35. The van der Waals surface area contributed by atoms with E-state index >= 15 is 0 Å². The van der Waals surface area contributed by atoms with Gasteiger partial charge in [-0.2, -0.15) is 0 Å². The van der Waals surface area contributed by atoms with Gasteiger partial charge in [0.25, 0.3) is 0 Å². The third kappa shape index (κ3) is 3.87. The number of piperazine rings is 1. The highest BCUT2D eigenvalue weighted by Gasteiger charge is 2.20. The maximum Gasteiger partial charge on any atom is 0.142 e. The molecule has 0 N–H and O–H groups in total. The van der Waals surface area contributed by atoms with Gasteiger partial charge in [-0.25, -0.2) is 9.97 Å².